The Morgan fingerprint density at radius 3 is 2.44 bits per heavy atom. The van der Waals surface area contributed by atoms with Crippen molar-refractivity contribution in [3.63, 3.8) is 0 Å². The van der Waals surface area contributed by atoms with Gasteiger partial charge in [-0.25, -0.2) is 4.39 Å². The molecule has 0 aliphatic carbocycles. The number of nitrogens with one attached hydrogen (secondary N) is 2. The summed E-state index contributed by atoms with van der Waals surface area (Å²) in [6, 6.07) is 9.37. The number of hydrogen-bond acceptors (Lipinski definition) is 4. The fraction of sp³-hybridized carbons (Fsp3) is 0.500. The zero-order chi connectivity index (χ0) is 28.2. The van der Waals surface area contributed by atoms with Crippen LogP contribution in [0.5, 0.6) is 0 Å². The van der Waals surface area contributed by atoms with Gasteiger partial charge in [-0.3, -0.25) is 14.5 Å². The number of nitrogens with zero attached hydrogens (tertiary/aromatic N) is 2. The molecule has 2 heterocycles. The van der Waals surface area contributed by atoms with Gasteiger partial charge < -0.3 is 15.5 Å². The highest BCUT2D eigenvalue weighted by Crippen LogP contribution is 2.32. The van der Waals surface area contributed by atoms with E-state index in [1.807, 2.05) is 0 Å². The summed E-state index contributed by atoms with van der Waals surface area (Å²) in [7, 11) is 1.56. The fourth-order valence-electron chi connectivity index (χ4n) is 5.19. The van der Waals surface area contributed by atoms with E-state index in [4.69, 9.17) is 0 Å². The van der Waals surface area contributed by atoms with E-state index in [2.05, 4.69) is 31.5 Å². The number of alkyl halides is 3. The first-order chi connectivity index (χ1) is 18.5. The van der Waals surface area contributed by atoms with Crippen molar-refractivity contribution in [2.24, 2.45) is 5.92 Å². The number of amides is 2. The molecule has 212 valence electrons. The number of hydrogen-bond donors (Lipinski definition) is 2. The fourth-order valence-corrected chi connectivity index (χ4v) is 5.69. The van der Waals surface area contributed by atoms with E-state index in [1.54, 1.807) is 19.2 Å². The average Bonchev–Trinajstić information content (AvgIpc) is 2.88. The standard InChI is InChI=1S/C28H33BrF4N4O2/c1-36(27(39)21-12-22(28(31,32)33)14-23(29)13-21)15-20(18-2-4-24(30)5-3-18)8-11-37-16-25(17-37)35-26(38)19-6-9-34-10-7-19/h2-5,12-14,19-20,25,34H,6-11,15-17H2,1H3,(H,35,38)/t20-/m1/s1. The molecule has 0 aromatic heterocycles. The molecular weight excluding hydrogens is 580 g/mol. The molecule has 1 atom stereocenters. The van der Waals surface area contributed by atoms with Crippen molar-refractivity contribution in [2.45, 2.75) is 37.4 Å². The van der Waals surface area contributed by atoms with Gasteiger partial charge in [-0.05, 0) is 74.8 Å². The Bertz CT molecular complexity index is 1150. The maximum absolute atomic E-state index is 13.6. The zero-order valence-corrected chi connectivity index (χ0v) is 23.3. The third kappa shape index (κ3) is 8.02. The summed E-state index contributed by atoms with van der Waals surface area (Å²) in [6.07, 6.45) is -2.21. The summed E-state index contributed by atoms with van der Waals surface area (Å²) >= 11 is 3.07. The monoisotopic (exact) mass is 612 g/mol. The van der Waals surface area contributed by atoms with E-state index in [1.165, 1.54) is 23.1 Å². The molecule has 39 heavy (non-hydrogen) atoms. The maximum Gasteiger partial charge on any atom is 0.416 e. The maximum atomic E-state index is 13.6. The average molecular weight is 613 g/mol. The first-order valence-electron chi connectivity index (χ1n) is 13.1. The number of halogens is 5. The van der Waals surface area contributed by atoms with Gasteiger partial charge in [-0.15, -0.1) is 0 Å². The molecule has 2 saturated heterocycles. The van der Waals surface area contributed by atoms with Gasteiger partial charge in [0.15, 0.2) is 0 Å². The van der Waals surface area contributed by atoms with Crippen LogP contribution in [0, 0.1) is 11.7 Å². The summed E-state index contributed by atoms with van der Waals surface area (Å²) in [4.78, 5) is 29.2. The van der Waals surface area contributed by atoms with Gasteiger partial charge >= 0.3 is 6.18 Å². The second-order valence-electron chi connectivity index (χ2n) is 10.4. The molecule has 0 bridgehead atoms. The van der Waals surface area contributed by atoms with E-state index in [-0.39, 0.29) is 46.2 Å². The number of rotatable bonds is 9. The van der Waals surface area contributed by atoms with Crippen LogP contribution < -0.4 is 10.6 Å². The van der Waals surface area contributed by atoms with Crippen LogP contribution in [0.3, 0.4) is 0 Å². The molecule has 0 radical (unpaired) electrons. The van der Waals surface area contributed by atoms with E-state index < -0.39 is 17.6 Å². The van der Waals surface area contributed by atoms with Crippen LogP contribution in [0.1, 0.15) is 46.7 Å². The quantitative estimate of drug-likeness (QED) is 0.405. The Morgan fingerprint density at radius 2 is 1.79 bits per heavy atom. The van der Waals surface area contributed by atoms with E-state index >= 15 is 0 Å². The summed E-state index contributed by atoms with van der Waals surface area (Å²) < 4.78 is 53.6. The molecular formula is C28H33BrF4N4O2. The zero-order valence-electron chi connectivity index (χ0n) is 21.7. The van der Waals surface area contributed by atoms with Crippen molar-refractivity contribution in [1.82, 2.24) is 20.4 Å². The molecule has 2 amide bonds. The lowest BCUT2D eigenvalue weighted by atomic mass is 9.93. The van der Waals surface area contributed by atoms with Crippen molar-refractivity contribution in [3.8, 4) is 0 Å². The lowest BCUT2D eigenvalue weighted by Crippen LogP contribution is -2.60. The Balaban J connectivity index is 1.36. The van der Waals surface area contributed by atoms with Crippen LogP contribution in [0.15, 0.2) is 46.9 Å². The predicted molar refractivity (Wildman–Crippen MR) is 144 cm³/mol. The minimum Gasteiger partial charge on any atom is -0.351 e. The number of carbonyl (C=O) groups is 2. The predicted octanol–water partition coefficient (Wildman–Crippen LogP) is 4.65. The highest BCUT2D eigenvalue weighted by atomic mass is 79.9. The van der Waals surface area contributed by atoms with Crippen LogP contribution >= 0.6 is 15.9 Å². The lowest BCUT2D eigenvalue weighted by molar-refractivity contribution is -0.137. The third-order valence-corrected chi connectivity index (χ3v) is 7.92. The van der Waals surface area contributed by atoms with Crippen LogP contribution in [-0.2, 0) is 11.0 Å². The molecule has 0 spiro atoms. The SMILES string of the molecule is CN(C[C@@H](CCN1CC(NC(=O)C2CCNCC2)C1)c1ccc(F)cc1)C(=O)c1cc(Br)cc(C(F)(F)F)c1. The molecule has 2 N–H and O–H groups in total. The number of likely N-dealkylation sites (tertiary alicyclic amines) is 1. The normalized spacial score (nSPS) is 17.9. The Kier molecular flexibility index (Phi) is 9.66. The molecule has 2 aromatic carbocycles. The third-order valence-electron chi connectivity index (χ3n) is 7.46. The van der Waals surface area contributed by atoms with Crippen molar-refractivity contribution in [2.75, 3.05) is 46.3 Å². The summed E-state index contributed by atoms with van der Waals surface area (Å²) in [5.41, 5.74) is -0.118. The van der Waals surface area contributed by atoms with Gasteiger partial charge in [0.1, 0.15) is 5.82 Å². The second-order valence-corrected chi connectivity index (χ2v) is 11.4. The molecule has 11 heteroatoms. The first-order valence-corrected chi connectivity index (χ1v) is 13.9. The van der Waals surface area contributed by atoms with Crippen LogP contribution in [0.4, 0.5) is 17.6 Å². The minimum atomic E-state index is -4.57. The molecule has 2 aliphatic rings. The second kappa shape index (κ2) is 12.8. The molecule has 2 aromatic rings. The number of likely N-dealkylation sites (N-methyl/N-ethyl adjacent to an activating group) is 1. The molecule has 2 fully saturated rings. The lowest BCUT2D eigenvalue weighted by Gasteiger charge is -2.41. The van der Waals surface area contributed by atoms with Gasteiger partial charge in [0, 0.05) is 48.6 Å². The number of benzene rings is 2. The van der Waals surface area contributed by atoms with Crippen LogP contribution in [0.25, 0.3) is 0 Å². The number of carbonyl (C=O) groups excluding carboxylic acids is 2. The van der Waals surface area contributed by atoms with Crippen molar-refractivity contribution >= 4 is 27.7 Å². The molecule has 0 unspecified atom stereocenters. The van der Waals surface area contributed by atoms with Crippen LogP contribution in [-0.4, -0.2) is 74.0 Å². The smallest absolute Gasteiger partial charge is 0.351 e. The van der Waals surface area contributed by atoms with Gasteiger partial charge in [0.25, 0.3) is 5.91 Å². The Labute approximate surface area is 234 Å². The molecule has 2 aliphatic heterocycles. The summed E-state index contributed by atoms with van der Waals surface area (Å²) in [5.74, 6) is -0.873. The van der Waals surface area contributed by atoms with Gasteiger partial charge in [0.2, 0.25) is 5.91 Å². The van der Waals surface area contributed by atoms with Crippen LogP contribution in [0.2, 0.25) is 0 Å². The van der Waals surface area contributed by atoms with Crippen molar-refractivity contribution in [1.29, 1.82) is 0 Å². The topological polar surface area (TPSA) is 64.7 Å². The van der Waals surface area contributed by atoms with Crippen molar-refractivity contribution < 1.29 is 27.2 Å². The Morgan fingerprint density at radius 1 is 1.13 bits per heavy atom. The van der Waals surface area contributed by atoms with E-state index in [9.17, 15) is 27.2 Å². The largest absolute Gasteiger partial charge is 0.416 e. The van der Waals surface area contributed by atoms with Gasteiger partial charge in [-0.1, -0.05) is 28.1 Å². The highest BCUT2D eigenvalue weighted by molar-refractivity contribution is 9.10. The van der Waals surface area contributed by atoms with E-state index in [0.717, 1.165) is 56.7 Å². The first kappa shape index (κ1) is 29.5. The summed E-state index contributed by atoms with van der Waals surface area (Å²) in [5, 5.41) is 6.40. The highest BCUT2D eigenvalue weighted by Gasteiger charge is 2.33. The summed E-state index contributed by atoms with van der Waals surface area (Å²) in [6.45, 7) is 4.16. The Hall–Kier alpha value is -2.50. The molecule has 4 rings (SSSR count). The van der Waals surface area contributed by atoms with E-state index in [0.29, 0.717) is 13.0 Å². The van der Waals surface area contributed by atoms with Gasteiger partial charge in [-0.2, -0.15) is 13.2 Å². The number of piperidine rings is 1. The molecule has 0 saturated carbocycles. The van der Waals surface area contributed by atoms with Crippen molar-refractivity contribution in [3.05, 3.63) is 69.4 Å². The molecule has 6 nitrogen and oxygen atoms in total. The van der Waals surface area contributed by atoms with Gasteiger partial charge in [0.05, 0.1) is 11.6 Å². The minimum absolute atomic E-state index is 0.0628.